The van der Waals surface area contributed by atoms with Gasteiger partial charge in [-0.1, -0.05) is 20.8 Å². The summed E-state index contributed by atoms with van der Waals surface area (Å²) in [5.74, 6) is -0.0990. The molecule has 0 saturated heterocycles. The minimum atomic E-state index is -0.501. The predicted octanol–water partition coefficient (Wildman–Crippen LogP) is 3.15. The average molecular weight is 238 g/mol. The number of nitrogens with zero attached hydrogens (tertiary/aromatic N) is 1. The Labute approximate surface area is 101 Å². The summed E-state index contributed by atoms with van der Waals surface area (Å²) in [6, 6.07) is 4.11. The fourth-order valence-electron chi connectivity index (χ4n) is 1.39. The van der Waals surface area contributed by atoms with Crippen molar-refractivity contribution in [3.8, 4) is 5.75 Å². The highest BCUT2D eigenvalue weighted by atomic mass is 16.6. The fourth-order valence-corrected chi connectivity index (χ4v) is 1.39. The van der Waals surface area contributed by atoms with Crippen molar-refractivity contribution in [1.29, 1.82) is 0 Å². The number of aromatic hydroxyl groups is 1. The van der Waals surface area contributed by atoms with Crippen molar-refractivity contribution in [2.45, 2.75) is 27.2 Å². The number of hydrogen-bond donors (Lipinski definition) is 2. The first-order chi connectivity index (χ1) is 7.79. The molecule has 5 nitrogen and oxygen atoms in total. The molecule has 0 radical (unpaired) electrons. The largest absolute Gasteiger partial charge is 0.508 e. The molecule has 17 heavy (non-hydrogen) atoms. The SMILES string of the molecule is CC(C)(C)CCNc1ccc(O)cc1[N+](=O)[O-]. The highest BCUT2D eigenvalue weighted by Gasteiger charge is 2.15. The van der Waals surface area contributed by atoms with Gasteiger partial charge in [0.2, 0.25) is 0 Å². The third-order valence-electron chi connectivity index (χ3n) is 2.37. The summed E-state index contributed by atoms with van der Waals surface area (Å²) in [5, 5.41) is 23.0. The fraction of sp³-hybridized carbons (Fsp3) is 0.500. The van der Waals surface area contributed by atoms with Gasteiger partial charge in [-0.05, 0) is 24.0 Å². The van der Waals surface area contributed by atoms with E-state index in [1.807, 2.05) is 0 Å². The van der Waals surface area contributed by atoms with Gasteiger partial charge in [0.25, 0.3) is 5.69 Å². The topological polar surface area (TPSA) is 75.4 Å². The molecule has 0 saturated carbocycles. The van der Waals surface area contributed by atoms with Crippen LogP contribution in [0.25, 0.3) is 0 Å². The summed E-state index contributed by atoms with van der Waals surface area (Å²) < 4.78 is 0. The maximum Gasteiger partial charge on any atom is 0.296 e. The number of benzene rings is 1. The Morgan fingerprint density at radius 2 is 2.06 bits per heavy atom. The Bertz CT molecular complexity index is 411. The lowest BCUT2D eigenvalue weighted by molar-refractivity contribution is -0.384. The van der Waals surface area contributed by atoms with E-state index in [1.165, 1.54) is 12.1 Å². The lowest BCUT2D eigenvalue weighted by Gasteiger charge is -2.18. The molecule has 0 fully saturated rings. The summed E-state index contributed by atoms with van der Waals surface area (Å²) in [7, 11) is 0. The van der Waals surface area contributed by atoms with E-state index >= 15 is 0 Å². The van der Waals surface area contributed by atoms with Crippen LogP contribution in [0.4, 0.5) is 11.4 Å². The Morgan fingerprint density at radius 1 is 1.41 bits per heavy atom. The highest BCUT2D eigenvalue weighted by molar-refractivity contribution is 5.63. The van der Waals surface area contributed by atoms with Gasteiger partial charge in [0.1, 0.15) is 11.4 Å². The van der Waals surface area contributed by atoms with Crippen LogP contribution in [0.1, 0.15) is 27.2 Å². The van der Waals surface area contributed by atoms with E-state index < -0.39 is 4.92 Å². The van der Waals surface area contributed by atoms with Crippen LogP contribution in [0.15, 0.2) is 18.2 Å². The Balaban J connectivity index is 2.74. The predicted molar refractivity (Wildman–Crippen MR) is 67.3 cm³/mol. The summed E-state index contributed by atoms with van der Waals surface area (Å²) in [4.78, 5) is 10.3. The standard InChI is InChI=1S/C12H18N2O3/c1-12(2,3)6-7-13-10-5-4-9(15)8-11(10)14(16)17/h4-5,8,13,15H,6-7H2,1-3H3. The van der Waals surface area contributed by atoms with Crippen LogP contribution in [0, 0.1) is 15.5 Å². The molecule has 0 aliphatic rings. The van der Waals surface area contributed by atoms with E-state index in [0.29, 0.717) is 12.2 Å². The van der Waals surface area contributed by atoms with Crippen molar-refractivity contribution in [2.75, 3.05) is 11.9 Å². The number of phenols is 1. The molecule has 1 rings (SSSR count). The molecular weight excluding hydrogens is 220 g/mol. The second-order valence-corrected chi connectivity index (χ2v) is 5.20. The number of rotatable bonds is 4. The van der Waals surface area contributed by atoms with Gasteiger partial charge in [0, 0.05) is 6.54 Å². The Kier molecular flexibility index (Phi) is 3.93. The van der Waals surface area contributed by atoms with E-state index in [0.717, 1.165) is 12.5 Å². The molecule has 0 spiro atoms. The highest BCUT2D eigenvalue weighted by Crippen LogP contribution is 2.29. The smallest absolute Gasteiger partial charge is 0.296 e. The van der Waals surface area contributed by atoms with Crippen molar-refractivity contribution in [3.05, 3.63) is 28.3 Å². The monoisotopic (exact) mass is 238 g/mol. The molecule has 0 aliphatic carbocycles. The maximum absolute atomic E-state index is 10.8. The minimum absolute atomic E-state index is 0.0982. The van der Waals surface area contributed by atoms with E-state index in [9.17, 15) is 15.2 Å². The van der Waals surface area contributed by atoms with Gasteiger partial charge < -0.3 is 10.4 Å². The number of phenolic OH excluding ortho intramolecular Hbond substituents is 1. The van der Waals surface area contributed by atoms with Gasteiger partial charge >= 0.3 is 0 Å². The van der Waals surface area contributed by atoms with Gasteiger partial charge in [-0.15, -0.1) is 0 Å². The zero-order valence-corrected chi connectivity index (χ0v) is 10.4. The molecule has 2 N–H and O–H groups in total. The molecule has 0 aromatic heterocycles. The first-order valence-corrected chi connectivity index (χ1v) is 5.51. The third kappa shape index (κ3) is 4.30. The van der Waals surface area contributed by atoms with Crippen molar-refractivity contribution < 1.29 is 10.0 Å². The van der Waals surface area contributed by atoms with Crippen LogP contribution >= 0.6 is 0 Å². The number of nitrogens with one attached hydrogen (secondary N) is 1. The molecule has 0 aliphatic heterocycles. The minimum Gasteiger partial charge on any atom is -0.508 e. The number of nitro groups is 1. The normalized spacial score (nSPS) is 11.2. The van der Waals surface area contributed by atoms with Gasteiger partial charge in [-0.2, -0.15) is 0 Å². The lowest BCUT2D eigenvalue weighted by Crippen LogP contribution is -2.13. The summed E-state index contributed by atoms with van der Waals surface area (Å²) in [5.41, 5.74) is 0.523. The van der Waals surface area contributed by atoms with Gasteiger partial charge in [0.15, 0.2) is 0 Å². The van der Waals surface area contributed by atoms with E-state index in [1.54, 1.807) is 0 Å². The molecule has 0 unspecified atom stereocenters. The maximum atomic E-state index is 10.8. The van der Waals surface area contributed by atoms with Crippen LogP contribution in [0.5, 0.6) is 5.75 Å². The molecule has 0 atom stereocenters. The van der Waals surface area contributed by atoms with Crippen LogP contribution < -0.4 is 5.32 Å². The molecule has 0 heterocycles. The molecule has 0 amide bonds. The van der Waals surface area contributed by atoms with Crippen molar-refractivity contribution >= 4 is 11.4 Å². The van der Waals surface area contributed by atoms with E-state index in [2.05, 4.69) is 26.1 Å². The first kappa shape index (κ1) is 13.3. The summed E-state index contributed by atoms with van der Waals surface area (Å²) >= 11 is 0. The molecule has 1 aromatic carbocycles. The van der Waals surface area contributed by atoms with Crippen molar-refractivity contribution in [3.63, 3.8) is 0 Å². The second-order valence-electron chi connectivity index (χ2n) is 5.20. The van der Waals surface area contributed by atoms with Crippen LogP contribution in [-0.2, 0) is 0 Å². The van der Waals surface area contributed by atoms with E-state index in [4.69, 9.17) is 0 Å². The second kappa shape index (κ2) is 5.03. The number of nitro benzene ring substituents is 1. The van der Waals surface area contributed by atoms with Crippen LogP contribution in [0.2, 0.25) is 0 Å². The molecule has 94 valence electrons. The molecular formula is C12H18N2O3. The van der Waals surface area contributed by atoms with Crippen molar-refractivity contribution in [2.24, 2.45) is 5.41 Å². The van der Waals surface area contributed by atoms with Gasteiger partial charge in [0.05, 0.1) is 11.0 Å². The molecule has 5 heteroatoms. The average Bonchev–Trinajstić information content (AvgIpc) is 2.18. The summed E-state index contributed by atoms with van der Waals surface area (Å²) in [6.07, 6.45) is 0.908. The van der Waals surface area contributed by atoms with Gasteiger partial charge in [-0.25, -0.2) is 0 Å². The third-order valence-corrected chi connectivity index (χ3v) is 2.37. The summed E-state index contributed by atoms with van der Waals surface area (Å²) in [6.45, 7) is 6.99. The van der Waals surface area contributed by atoms with Crippen LogP contribution in [0.3, 0.4) is 0 Å². The first-order valence-electron chi connectivity index (χ1n) is 5.51. The van der Waals surface area contributed by atoms with Crippen molar-refractivity contribution in [1.82, 2.24) is 0 Å². The Morgan fingerprint density at radius 3 is 2.59 bits per heavy atom. The van der Waals surface area contributed by atoms with E-state index in [-0.39, 0.29) is 16.9 Å². The number of anilines is 1. The van der Waals surface area contributed by atoms with Crippen LogP contribution in [-0.4, -0.2) is 16.6 Å². The quantitative estimate of drug-likeness (QED) is 0.480. The zero-order chi connectivity index (χ0) is 13.1. The van der Waals surface area contributed by atoms with Gasteiger partial charge in [-0.3, -0.25) is 10.1 Å². The Hall–Kier alpha value is -1.78. The molecule has 1 aromatic rings. The zero-order valence-electron chi connectivity index (χ0n) is 10.4. The lowest BCUT2D eigenvalue weighted by atomic mass is 9.92. The number of hydrogen-bond acceptors (Lipinski definition) is 4. The molecule has 0 bridgehead atoms.